The first kappa shape index (κ1) is 13.5. The maximum Gasteiger partial charge on any atom is 0.103 e. The molecule has 0 saturated carbocycles. The highest BCUT2D eigenvalue weighted by molar-refractivity contribution is 5.80. The van der Waals surface area contributed by atoms with Gasteiger partial charge in [0.1, 0.15) is 30.3 Å². The Kier molecular flexibility index (Phi) is 3.70. The van der Waals surface area contributed by atoms with Gasteiger partial charge in [-0.05, 0) is 0 Å². The molecular weight excluding hydrogens is 240 g/mol. The molecule has 0 heterocycles. The molecule has 1 rings (SSSR count). The second kappa shape index (κ2) is 5.20. The molecule has 0 amide bonds. The maximum atomic E-state index is 9.15. The van der Waals surface area contributed by atoms with E-state index in [0.29, 0.717) is 0 Å². The van der Waals surface area contributed by atoms with Crippen LogP contribution in [-0.4, -0.2) is 14.1 Å². The highest BCUT2D eigenvalue weighted by Gasteiger charge is 2.25. The van der Waals surface area contributed by atoms with Crippen molar-refractivity contribution in [2.45, 2.75) is 0 Å². The van der Waals surface area contributed by atoms with Gasteiger partial charge in [-0.3, -0.25) is 0 Å². The van der Waals surface area contributed by atoms with Gasteiger partial charge in [0.2, 0.25) is 0 Å². The van der Waals surface area contributed by atoms with Crippen molar-refractivity contribution in [3.63, 3.8) is 0 Å². The van der Waals surface area contributed by atoms with Crippen LogP contribution in [0.2, 0.25) is 0 Å². The molecule has 6 nitrogen and oxygen atoms in total. The summed E-state index contributed by atoms with van der Waals surface area (Å²) in [6.45, 7) is 0. The summed E-state index contributed by atoms with van der Waals surface area (Å²) in [4.78, 5) is 1.47. The third kappa shape index (κ3) is 1.89. The van der Waals surface area contributed by atoms with Crippen LogP contribution in [0.1, 0.15) is 27.8 Å². The summed E-state index contributed by atoms with van der Waals surface area (Å²) < 4.78 is 0. The van der Waals surface area contributed by atoms with Gasteiger partial charge in [0.05, 0.1) is 33.5 Å². The molecule has 19 heavy (non-hydrogen) atoms. The van der Waals surface area contributed by atoms with Crippen LogP contribution in [0.15, 0.2) is 0 Å². The number of nitrogens with zero attached hydrogens (tertiary/aromatic N) is 6. The van der Waals surface area contributed by atoms with Gasteiger partial charge in [-0.15, -0.1) is 0 Å². The quantitative estimate of drug-likeness (QED) is 0.731. The Hall–Kier alpha value is -3.53. The van der Waals surface area contributed by atoms with E-state index < -0.39 is 0 Å². The van der Waals surface area contributed by atoms with Crippen LogP contribution in [0.25, 0.3) is 0 Å². The molecule has 0 aromatic heterocycles. The number of rotatable bonds is 1. The smallest absolute Gasteiger partial charge is 0.103 e. The molecule has 0 unspecified atom stereocenters. The number of benzene rings is 1. The number of nitriles is 5. The van der Waals surface area contributed by atoms with E-state index in [9.17, 15) is 0 Å². The first-order chi connectivity index (χ1) is 9.06. The molecule has 0 N–H and O–H groups in total. The Bertz CT molecular complexity index is 700. The maximum absolute atomic E-state index is 9.15. The summed E-state index contributed by atoms with van der Waals surface area (Å²) >= 11 is 0. The van der Waals surface area contributed by atoms with Gasteiger partial charge in [-0.1, -0.05) is 0 Å². The van der Waals surface area contributed by atoms with Gasteiger partial charge in [0, 0.05) is 14.1 Å². The highest BCUT2D eigenvalue weighted by atomic mass is 15.1. The van der Waals surface area contributed by atoms with Crippen LogP contribution in [0.3, 0.4) is 0 Å². The SMILES string of the molecule is CN(C)c1c(C#N)c(C#N)c(C#N)c(C#N)c1C#N. The minimum atomic E-state index is -0.233. The Balaban J connectivity index is 4.17. The monoisotopic (exact) mass is 246 g/mol. The van der Waals surface area contributed by atoms with Gasteiger partial charge in [-0.2, -0.15) is 26.3 Å². The van der Waals surface area contributed by atoms with E-state index in [1.54, 1.807) is 32.3 Å². The van der Waals surface area contributed by atoms with E-state index in [1.165, 1.54) is 4.90 Å². The topological polar surface area (TPSA) is 122 Å². The van der Waals surface area contributed by atoms with E-state index in [1.807, 2.05) is 12.1 Å². The molecule has 0 bridgehead atoms. The third-order valence-corrected chi connectivity index (χ3v) is 2.48. The van der Waals surface area contributed by atoms with Crippen molar-refractivity contribution in [2.24, 2.45) is 0 Å². The number of anilines is 1. The van der Waals surface area contributed by atoms with Crippen molar-refractivity contribution in [3.8, 4) is 30.3 Å². The van der Waals surface area contributed by atoms with Gasteiger partial charge in [-0.25, -0.2) is 0 Å². The Morgan fingerprint density at radius 2 is 0.842 bits per heavy atom. The molecule has 0 aliphatic carbocycles. The molecule has 6 heteroatoms. The molecule has 0 atom stereocenters. The van der Waals surface area contributed by atoms with Gasteiger partial charge < -0.3 is 4.90 Å². The minimum Gasteiger partial charge on any atom is -0.375 e. The normalized spacial score (nSPS) is 8.26. The average Bonchev–Trinajstić information content (AvgIpc) is 2.43. The highest BCUT2D eigenvalue weighted by Crippen LogP contribution is 2.32. The molecule has 88 valence electrons. The van der Waals surface area contributed by atoms with Crippen LogP contribution in [-0.2, 0) is 0 Å². The second-order valence-electron chi connectivity index (χ2n) is 3.68. The third-order valence-electron chi connectivity index (χ3n) is 2.48. The van der Waals surface area contributed by atoms with Crippen molar-refractivity contribution in [3.05, 3.63) is 27.8 Å². The number of hydrogen-bond donors (Lipinski definition) is 0. The molecule has 0 aliphatic heterocycles. The van der Waals surface area contributed by atoms with E-state index >= 15 is 0 Å². The van der Waals surface area contributed by atoms with Crippen LogP contribution < -0.4 is 4.90 Å². The van der Waals surface area contributed by atoms with Gasteiger partial charge >= 0.3 is 0 Å². The lowest BCUT2D eigenvalue weighted by Gasteiger charge is -2.18. The number of hydrogen-bond acceptors (Lipinski definition) is 6. The summed E-state index contributed by atoms with van der Waals surface area (Å²) in [5.41, 5.74) is -0.548. The molecule has 0 fully saturated rings. The summed E-state index contributed by atoms with van der Waals surface area (Å²) in [5.74, 6) is 0. The molecule has 0 radical (unpaired) electrons. The van der Waals surface area contributed by atoms with Crippen molar-refractivity contribution >= 4 is 5.69 Å². The summed E-state index contributed by atoms with van der Waals surface area (Å²) in [6.07, 6.45) is 0. The Labute approximate surface area is 110 Å². The summed E-state index contributed by atoms with van der Waals surface area (Å²) in [7, 11) is 3.18. The van der Waals surface area contributed by atoms with Crippen molar-refractivity contribution in [1.82, 2.24) is 0 Å². The van der Waals surface area contributed by atoms with Crippen LogP contribution in [0.5, 0.6) is 0 Å². The fourth-order valence-electron chi connectivity index (χ4n) is 1.74. The summed E-state index contributed by atoms with van der Waals surface area (Å²) in [6, 6.07) is 8.87. The first-order valence-electron chi connectivity index (χ1n) is 4.99. The molecule has 1 aromatic rings. The zero-order valence-electron chi connectivity index (χ0n) is 10.2. The fourth-order valence-corrected chi connectivity index (χ4v) is 1.74. The zero-order chi connectivity index (χ0) is 14.6. The second-order valence-corrected chi connectivity index (χ2v) is 3.68. The average molecular weight is 246 g/mol. The lowest BCUT2D eigenvalue weighted by atomic mass is 9.91. The first-order valence-corrected chi connectivity index (χ1v) is 4.99. The molecule has 0 saturated heterocycles. The summed E-state index contributed by atoms with van der Waals surface area (Å²) in [5, 5.41) is 45.5. The molecule has 0 aliphatic rings. The molecular formula is C13H6N6. The standard InChI is InChI=1S/C13H6N6/c1-19(2)13-11(6-17)9(4-15)8(3-14)10(5-16)12(13)7-18/h1-2H3. The van der Waals surface area contributed by atoms with E-state index in [4.69, 9.17) is 26.3 Å². The van der Waals surface area contributed by atoms with Crippen LogP contribution >= 0.6 is 0 Å². The Morgan fingerprint density at radius 3 is 1.05 bits per heavy atom. The lowest BCUT2D eigenvalue weighted by molar-refractivity contribution is 1.11. The Morgan fingerprint density at radius 1 is 0.579 bits per heavy atom. The van der Waals surface area contributed by atoms with E-state index in [0.717, 1.165) is 0 Å². The molecule has 0 spiro atoms. The molecule has 1 aromatic carbocycles. The van der Waals surface area contributed by atoms with Crippen molar-refractivity contribution in [2.75, 3.05) is 19.0 Å². The predicted molar refractivity (Wildman–Crippen MR) is 64.3 cm³/mol. The minimum absolute atomic E-state index is 0.0698. The van der Waals surface area contributed by atoms with Crippen molar-refractivity contribution in [1.29, 1.82) is 26.3 Å². The largest absolute Gasteiger partial charge is 0.375 e. The van der Waals surface area contributed by atoms with E-state index in [-0.39, 0.29) is 33.5 Å². The van der Waals surface area contributed by atoms with Crippen molar-refractivity contribution < 1.29 is 0 Å². The fraction of sp³-hybridized carbons (Fsp3) is 0.154. The van der Waals surface area contributed by atoms with Gasteiger partial charge in [0.15, 0.2) is 0 Å². The van der Waals surface area contributed by atoms with E-state index in [2.05, 4.69) is 0 Å². The van der Waals surface area contributed by atoms with Gasteiger partial charge in [0.25, 0.3) is 0 Å². The van der Waals surface area contributed by atoms with Crippen LogP contribution in [0.4, 0.5) is 5.69 Å². The lowest BCUT2D eigenvalue weighted by Crippen LogP contribution is -2.15. The van der Waals surface area contributed by atoms with Crippen LogP contribution in [0, 0.1) is 56.7 Å². The predicted octanol–water partition coefficient (Wildman–Crippen LogP) is 1.11. The zero-order valence-corrected chi connectivity index (χ0v) is 10.2.